The second kappa shape index (κ2) is 13.2. The van der Waals surface area contributed by atoms with Crippen molar-refractivity contribution in [3.8, 4) is 17.1 Å². The molecule has 0 saturated carbocycles. The summed E-state index contributed by atoms with van der Waals surface area (Å²) in [4.78, 5) is 55.0. The van der Waals surface area contributed by atoms with Gasteiger partial charge in [0.15, 0.2) is 5.76 Å². The van der Waals surface area contributed by atoms with E-state index in [9.17, 15) is 39.0 Å². The molecule has 13 heteroatoms. The first kappa shape index (κ1) is 29.1. The van der Waals surface area contributed by atoms with Gasteiger partial charge in [0, 0.05) is 5.56 Å². The van der Waals surface area contributed by atoms with Gasteiger partial charge in [-0.05, 0) is 43.2 Å². The Balaban J connectivity index is 2.04. The highest BCUT2D eigenvalue weighted by atomic mass is 31.2. The van der Waals surface area contributed by atoms with Crippen LogP contribution in [0.15, 0.2) is 34.7 Å². The molecular weight excluding hydrogens is 493 g/mol. The molecule has 0 saturated heterocycles. The Morgan fingerprint density at radius 1 is 1.14 bits per heavy atom. The van der Waals surface area contributed by atoms with Gasteiger partial charge < -0.3 is 29.9 Å². The fourth-order valence-corrected chi connectivity index (χ4v) is 4.40. The molecule has 2 atom stereocenters. The van der Waals surface area contributed by atoms with Gasteiger partial charge in [0.25, 0.3) is 5.91 Å². The summed E-state index contributed by atoms with van der Waals surface area (Å²) in [5.41, 5.74) is 0.157. The molecule has 0 aliphatic carbocycles. The second-order valence-corrected chi connectivity index (χ2v) is 9.84. The van der Waals surface area contributed by atoms with Crippen molar-refractivity contribution in [1.82, 2.24) is 15.7 Å². The average Bonchev–Trinajstić information content (AvgIpc) is 3.33. The van der Waals surface area contributed by atoms with E-state index in [0.29, 0.717) is 17.9 Å². The first-order valence-corrected chi connectivity index (χ1v) is 13.1. The van der Waals surface area contributed by atoms with Crippen LogP contribution in [0.3, 0.4) is 0 Å². The number of phenols is 1. The number of hydrogen-bond acceptors (Lipinski definition) is 7. The Bertz CT molecular complexity index is 1100. The Kier molecular flexibility index (Phi) is 10.7. The highest BCUT2D eigenvalue weighted by Crippen LogP contribution is 2.36. The predicted octanol–water partition coefficient (Wildman–Crippen LogP) is 2.08. The normalized spacial score (nSPS) is 13.0. The molecule has 1 aromatic carbocycles. The molecule has 2 unspecified atom stereocenters. The molecule has 2 rings (SSSR count). The molecule has 0 spiro atoms. The number of furan rings is 1. The quantitative estimate of drug-likeness (QED) is 0.0535. The Labute approximate surface area is 208 Å². The average molecular weight is 525 g/mol. The molecule has 12 nitrogen and oxygen atoms in total. The molecule has 0 fully saturated rings. The standard InChI is InChI=1S/C23H32N3O9P/c1-3-5-6-7-18(19(4-2)26(31)14-27)22(29)24-13-25-23(30)21-9-8-20(35-21)15-10-16(28)12-17(11-15)36(32,33)34/h8-12,14,18-19,28,31H,3-7,13H2,1-2H3,(H,24,29)(H,25,30)(H2,32,33,34). The van der Waals surface area contributed by atoms with Crippen LogP contribution in [-0.2, 0) is 14.2 Å². The van der Waals surface area contributed by atoms with Crippen molar-refractivity contribution in [2.45, 2.75) is 52.0 Å². The third-order valence-corrected chi connectivity index (χ3v) is 6.58. The lowest BCUT2D eigenvalue weighted by Gasteiger charge is -2.29. The Morgan fingerprint density at radius 2 is 1.86 bits per heavy atom. The molecule has 6 N–H and O–H groups in total. The maximum absolute atomic E-state index is 12.8. The highest BCUT2D eigenvalue weighted by Gasteiger charge is 2.30. The minimum atomic E-state index is -4.62. The number of hydrogen-bond donors (Lipinski definition) is 6. The van der Waals surface area contributed by atoms with Gasteiger partial charge >= 0.3 is 7.60 Å². The maximum atomic E-state index is 12.8. The maximum Gasteiger partial charge on any atom is 0.356 e. The van der Waals surface area contributed by atoms with Crippen LogP contribution in [0.5, 0.6) is 5.75 Å². The number of phenolic OH excluding ortho intramolecular Hbond substituents is 1. The van der Waals surface area contributed by atoms with Crippen LogP contribution in [-0.4, -0.2) is 56.1 Å². The van der Waals surface area contributed by atoms with Gasteiger partial charge in [0.2, 0.25) is 12.3 Å². The number of carbonyl (C=O) groups is 3. The van der Waals surface area contributed by atoms with Gasteiger partial charge in [-0.3, -0.25) is 24.2 Å². The van der Waals surface area contributed by atoms with Crippen molar-refractivity contribution < 1.29 is 43.5 Å². The Hall–Kier alpha value is -3.18. The summed E-state index contributed by atoms with van der Waals surface area (Å²) in [7, 11) is -4.62. The zero-order valence-corrected chi connectivity index (χ0v) is 21.0. The van der Waals surface area contributed by atoms with Gasteiger partial charge in [-0.25, -0.2) is 5.06 Å². The van der Waals surface area contributed by atoms with E-state index in [-0.39, 0.29) is 35.9 Å². The number of aromatic hydroxyl groups is 1. The molecular formula is C23H32N3O9P. The first-order chi connectivity index (χ1) is 17.0. The largest absolute Gasteiger partial charge is 0.508 e. The second-order valence-electron chi connectivity index (χ2n) is 8.23. The number of nitrogens with zero attached hydrogens (tertiary/aromatic N) is 1. The molecule has 0 bridgehead atoms. The van der Waals surface area contributed by atoms with Crippen LogP contribution in [0.2, 0.25) is 0 Å². The molecule has 1 heterocycles. The summed E-state index contributed by atoms with van der Waals surface area (Å²) in [5, 5.41) is 24.8. The van der Waals surface area contributed by atoms with Crippen LogP contribution in [0, 0.1) is 5.92 Å². The van der Waals surface area contributed by atoms with E-state index in [0.717, 1.165) is 31.4 Å². The van der Waals surface area contributed by atoms with E-state index in [1.807, 2.05) is 6.92 Å². The monoisotopic (exact) mass is 525 g/mol. The van der Waals surface area contributed by atoms with Gasteiger partial charge in [0.05, 0.1) is 23.9 Å². The fraction of sp³-hybridized carbons (Fsp3) is 0.435. The zero-order chi connectivity index (χ0) is 26.9. The van der Waals surface area contributed by atoms with Gasteiger partial charge in [-0.15, -0.1) is 0 Å². The summed E-state index contributed by atoms with van der Waals surface area (Å²) in [6.07, 6.45) is 3.64. The summed E-state index contributed by atoms with van der Waals surface area (Å²) >= 11 is 0. The van der Waals surface area contributed by atoms with E-state index in [4.69, 9.17) is 4.42 Å². The van der Waals surface area contributed by atoms with Crippen molar-refractivity contribution in [3.63, 3.8) is 0 Å². The third kappa shape index (κ3) is 7.92. The van der Waals surface area contributed by atoms with Crippen LogP contribution in [0.4, 0.5) is 0 Å². The van der Waals surface area contributed by atoms with Crippen molar-refractivity contribution in [2.24, 2.45) is 5.92 Å². The van der Waals surface area contributed by atoms with Crippen molar-refractivity contribution in [3.05, 3.63) is 36.1 Å². The molecule has 198 valence electrons. The number of unbranched alkanes of at least 4 members (excludes halogenated alkanes) is 2. The van der Waals surface area contributed by atoms with Crippen LogP contribution in [0.25, 0.3) is 11.3 Å². The summed E-state index contributed by atoms with van der Waals surface area (Å²) < 4.78 is 17.0. The van der Waals surface area contributed by atoms with Crippen LogP contribution >= 0.6 is 7.60 Å². The molecule has 0 radical (unpaired) electrons. The lowest BCUT2D eigenvalue weighted by molar-refractivity contribution is -0.168. The zero-order valence-electron chi connectivity index (χ0n) is 20.1. The highest BCUT2D eigenvalue weighted by molar-refractivity contribution is 7.60. The van der Waals surface area contributed by atoms with E-state index >= 15 is 0 Å². The van der Waals surface area contributed by atoms with E-state index < -0.39 is 36.7 Å². The van der Waals surface area contributed by atoms with Crippen LogP contribution in [0.1, 0.15) is 56.5 Å². The lowest BCUT2D eigenvalue weighted by atomic mass is 9.90. The third-order valence-electron chi connectivity index (χ3n) is 5.65. The minimum Gasteiger partial charge on any atom is -0.508 e. The van der Waals surface area contributed by atoms with Gasteiger partial charge in [-0.1, -0.05) is 33.1 Å². The van der Waals surface area contributed by atoms with Gasteiger partial charge in [-0.2, -0.15) is 0 Å². The summed E-state index contributed by atoms with van der Waals surface area (Å²) in [6, 6.07) is 5.34. The molecule has 0 aliphatic rings. The van der Waals surface area contributed by atoms with Crippen molar-refractivity contribution in [1.29, 1.82) is 0 Å². The Morgan fingerprint density at radius 3 is 2.47 bits per heavy atom. The molecule has 0 aliphatic heterocycles. The van der Waals surface area contributed by atoms with Crippen LogP contribution < -0.4 is 15.9 Å². The molecule has 2 aromatic rings. The topological polar surface area (TPSA) is 190 Å². The molecule has 1 aromatic heterocycles. The summed E-state index contributed by atoms with van der Waals surface area (Å²) in [5.74, 6) is -2.18. The van der Waals surface area contributed by atoms with Crippen molar-refractivity contribution in [2.75, 3.05) is 6.67 Å². The minimum absolute atomic E-state index is 0.0912. The summed E-state index contributed by atoms with van der Waals surface area (Å²) in [6.45, 7) is 3.53. The van der Waals surface area contributed by atoms with Crippen molar-refractivity contribution >= 4 is 31.1 Å². The van der Waals surface area contributed by atoms with E-state index in [1.165, 1.54) is 18.2 Å². The number of rotatable bonds is 14. The smallest absolute Gasteiger partial charge is 0.356 e. The number of benzene rings is 1. The number of hydroxylamine groups is 2. The molecule has 36 heavy (non-hydrogen) atoms. The predicted molar refractivity (Wildman–Crippen MR) is 129 cm³/mol. The lowest BCUT2D eigenvalue weighted by Crippen LogP contribution is -2.47. The fourth-order valence-electron chi connectivity index (χ4n) is 3.80. The number of nitrogens with one attached hydrogen (secondary N) is 2. The number of carbonyl (C=O) groups excluding carboxylic acids is 3. The van der Waals surface area contributed by atoms with E-state index in [2.05, 4.69) is 10.6 Å². The molecule has 3 amide bonds. The SMILES string of the molecule is CCCCCC(C(=O)NCNC(=O)c1ccc(-c2cc(O)cc(P(=O)(O)O)c2)o1)C(CC)N(O)C=O. The number of amides is 3. The first-order valence-electron chi connectivity index (χ1n) is 11.5. The van der Waals surface area contributed by atoms with E-state index in [1.54, 1.807) is 6.92 Å². The van der Waals surface area contributed by atoms with Gasteiger partial charge in [0.1, 0.15) is 11.5 Å².